The van der Waals surface area contributed by atoms with Crippen LogP contribution in [0.3, 0.4) is 0 Å². The molecular formula is C23H24N2O3. The number of rotatable bonds is 6. The summed E-state index contributed by atoms with van der Waals surface area (Å²) in [6.45, 7) is 1.20. The Hall–Kier alpha value is -2.76. The molecule has 1 amide bonds. The molecule has 2 heterocycles. The molecule has 1 aromatic heterocycles. The number of pyridine rings is 1. The Labute approximate surface area is 164 Å². The van der Waals surface area contributed by atoms with E-state index >= 15 is 0 Å². The second kappa shape index (κ2) is 8.50. The predicted molar refractivity (Wildman–Crippen MR) is 108 cm³/mol. The van der Waals surface area contributed by atoms with Gasteiger partial charge >= 0.3 is 0 Å². The maximum atomic E-state index is 12.5. The zero-order valence-electron chi connectivity index (χ0n) is 15.7. The van der Waals surface area contributed by atoms with Gasteiger partial charge in [-0.15, -0.1) is 0 Å². The lowest BCUT2D eigenvalue weighted by Crippen LogP contribution is -2.41. The minimum absolute atomic E-state index is 0.00293. The van der Waals surface area contributed by atoms with Gasteiger partial charge in [0.05, 0.1) is 37.8 Å². The van der Waals surface area contributed by atoms with Crippen LogP contribution in [0.15, 0.2) is 60.8 Å². The SMILES string of the molecule is O=C(Cc1ccc(CO)cc1)NC1COCC1Cc1ccnc2ccccc12. The van der Waals surface area contributed by atoms with Crippen molar-refractivity contribution < 1.29 is 14.6 Å². The first-order chi connectivity index (χ1) is 13.7. The van der Waals surface area contributed by atoms with Crippen LogP contribution in [0.25, 0.3) is 10.9 Å². The van der Waals surface area contributed by atoms with E-state index in [4.69, 9.17) is 9.84 Å². The molecular weight excluding hydrogens is 352 g/mol. The molecule has 28 heavy (non-hydrogen) atoms. The van der Waals surface area contributed by atoms with Crippen molar-refractivity contribution in [2.45, 2.75) is 25.5 Å². The van der Waals surface area contributed by atoms with Crippen LogP contribution in [0, 0.1) is 5.92 Å². The number of nitrogens with zero attached hydrogens (tertiary/aromatic N) is 1. The summed E-state index contributed by atoms with van der Waals surface area (Å²) < 4.78 is 5.68. The van der Waals surface area contributed by atoms with Gasteiger partial charge in [-0.05, 0) is 35.2 Å². The van der Waals surface area contributed by atoms with E-state index in [9.17, 15) is 4.79 Å². The van der Waals surface area contributed by atoms with E-state index in [2.05, 4.69) is 22.4 Å². The third-order valence-electron chi connectivity index (χ3n) is 5.34. The molecule has 5 heteroatoms. The first-order valence-corrected chi connectivity index (χ1v) is 9.61. The van der Waals surface area contributed by atoms with E-state index in [1.165, 1.54) is 5.56 Å². The van der Waals surface area contributed by atoms with Crippen molar-refractivity contribution in [1.82, 2.24) is 10.3 Å². The lowest BCUT2D eigenvalue weighted by molar-refractivity contribution is -0.121. The first-order valence-electron chi connectivity index (χ1n) is 9.61. The number of aliphatic hydroxyl groups excluding tert-OH is 1. The summed E-state index contributed by atoms with van der Waals surface area (Å²) in [5.41, 5.74) is 4.01. The molecule has 1 aliphatic rings. The van der Waals surface area contributed by atoms with Crippen molar-refractivity contribution in [1.29, 1.82) is 0 Å². The number of aliphatic hydroxyl groups is 1. The van der Waals surface area contributed by atoms with Crippen LogP contribution >= 0.6 is 0 Å². The fraction of sp³-hybridized carbons (Fsp3) is 0.304. The van der Waals surface area contributed by atoms with Crippen molar-refractivity contribution in [2.75, 3.05) is 13.2 Å². The highest BCUT2D eigenvalue weighted by molar-refractivity contribution is 5.82. The molecule has 0 spiro atoms. The zero-order chi connectivity index (χ0) is 19.3. The van der Waals surface area contributed by atoms with Crippen LogP contribution < -0.4 is 5.32 Å². The minimum atomic E-state index is -0.00293. The van der Waals surface area contributed by atoms with Crippen molar-refractivity contribution in [3.8, 4) is 0 Å². The molecule has 0 aliphatic carbocycles. The third kappa shape index (κ3) is 4.21. The highest BCUT2D eigenvalue weighted by Crippen LogP contribution is 2.24. The normalized spacial score (nSPS) is 19.0. The molecule has 5 nitrogen and oxygen atoms in total. The second-order valence-corrected chi connectivity index (χ2v) is 7.31. The first kappa shape index (κ1) is 18.6. The summed E-state index contributed by atoms with van der Waals surface area (Å²) in [6, 6.07) is 17.7. The van der Waals surface area contributed by atoms with Gasteiger partial charge in [-0.1, -0.05) is 42.5 Å². The molecule has 2 N–H and O–H groups in total. The molecule has 0 saturated carbocycles. The Morgan fingerprint density at radius 2 is 1.86 bits per heavy atom. The second-order valence-electron chi connectivity index (χ2n) is 7.31. The van der Waals surface area contributed by atoms with Gasteiger partial charge < -0.3 is 15.2 Å². The monoisotopic (exact) mass is 376 g/mol. The number of carbonyl (C=O) groups excluding carboxylic acids is 1. The van der Waals surface area contributed by atoms with E-state index in [1.807, 2.05) is 48.7 Å². The molecule has 2 aromatic carbocycles. The fourth-order valence-corrected chi connectivity index (χ4v) is 3.78. The van der Waals surface area contributed by atoms with Crippen LogP contribution in [0.4, 0.5) is 0 Å². The number of carbonyl (C=O) groups is 1. The van der Waals surface area contributed by atoms with Gasteiger partial charge in [0.25, 0.3) is 0 Å². The molecule has 1 fully saturated rings. The third-order valence-corrected chi connectivity index (χ3v) is 5.34. The smallest absolute Gasteiger partial charge is 0.224 e. The van der Waals surface area contributed by atoms with Crippen molar-refractivity contribution in [3.63, 3.8) is 0 Å². The summed E-state index contributed by atoms with van der Waals surface area (Å²) in [6.07, 6.45) is 3.02. The molecule has 144 valence electrons. The minimum Gasteiger partial charge on any atom is -0.392 e. The summed E-state index contributed by atoms with van der Waals surface area (Å²) in [5.74, 6) is 0.239. The van der Waals surface area contributed by atoms with Crippen LogP contribution in [0.2, 0.25) is 0 Å². The molecule has 1 saturated heterocycles. The molecule has 4 rings (SSSR count). The highest BCUT2D eigenvalue weighted by atomic mass is 16.5. The summed E-state index contributed by atoms with van der Waals surface area (Å²) >= 11 is 0. The standard InChI is InChI=1S/C23H24N2O3/c26-13-17-7-5-16(6-8-17)11-23(27)25-22-15-28-14-19(22)12-18-9-10-24-21-4-2-1-3-20(18)21/h1-10,19,22,26H,11-15H2,(H,25,27). The van der Waals surface area contributed by atoms with Gasteiger partial charge in [-0.25, -0.2) is 0 Å². The molecule has 2 atom stereocenters. The van der Waals surface area contributed by atoms with E-state index in [0.717, 1.165) is 28.5 Å². The average molecular weight is 376 g/mol. The lowest BCUT2D eigenvalue weighted by Gasteiger charge is -2.20. The van der Waals surface area contributed by atoms with E-state index in [-0.39, 0.29) is 24.5 Å². The van der Waals surface area contributed by atoms with Crippen molar-refractivity contribution >= 4 is 16.8 Å². The Bertz CT molecular complexity index is 950. The number of aromatic nitrogens is 1. The summed E-state index contributed by atoms with van der Waals surface area (Å²) in [7, 11) is 0. The quantitative estimate of drug-likeness (QED) is 0.694. The Kier molecular flexibility index (Phi) is 5.65. The summed E-state index contributed by atoms with van der Waals surface area (Å²) in [5, 5.41) is 13.4. The lowest BCUT2D eigenvalue weighted by atomic mass is 9.93. The topological polar surface area (TPSA) is 71.5 Å². The van der Waals surface area contributed by atoms with Crippen molar-refractivity contribution in [3.05, 3.63) is 77.5 Å². The van der Waals surface area contributed by atoms with E-state index in [0.29, 0.717) is 19.6 Å². The maximum Gasteiger partial charge on any atom is 0.224 e. The molecule has 0 bridgehead atoms. The zero-order valence-corrected chi connectivity index (χ0v) is 15.7. The predicted octanol–water partition coefficient (Wildman–Crippen LogP) is 2.64. The van der Waals surface area contributed by atoms with Crippen LogP contribution in [-0.4, -0.2) is 35.3 Å². The number of fused-ring (bicyclic) bond motifs is 1. The maximum absolute atomic E-state index is 12.5. The molecule has 2 unspecified atom stereocenters. The average Bonchev–Trinajstić information content (AvgIpc) is 3.15. The number of hydrogen-bond donors (Lipinski definition) is 2. The van der Waals surface area contributed by atoms with Crippen LogP contribution in [0.1, 0.15) is 16.7 Å². The molecule has 1 aliphatic heterocycles. The number of para-hydroxylation sites is 1. The number of amides is 1. The number of benzene rings is 2. The van der Waals surface area contributed by atoms with Gasteiger partial charge in [-0.3, -0.25) is 9.78 Å². The molecule has 0 radical (unpaired) electrons. The van der Waals surface area contributed by atoms with Crippen LogP contribution in [0.5, 0.6) is 0 Å². The van der Waals surface area contributed by atoms with Gasteiger partial charge in [0.15, 0.2) is 0 Å². The van der Waals surface area contributed by atoms with Crippen molar-refractivity contribution in [2.24, 2.45) is 5.92 Å². The summed E-state index contributed by atoms with van der Waals surface area (Å²) in [4.78, 5) is 16.9. The molecule has 3 aromatic rings. The number of hydrogen-bond acceptors (Lipinski definition) is 4. The van der Waals surface area contributed by atoms with Gasteiger partial charge in [-0.2, -0.15) is 0 Å². The Morgan fingerprint density at radius 3 is 2.68 bits per heavy atom. The Morgan fingerprint density at radius 1 is 1.07 bits per heavy atom. The highest BCUT2D eigenvalue weighted by Gasteiger charge is 2.30. The van der Waals surface area contributed by atoms with Gasteiger partial charge in [0, 0.05) is 17.5 Å². The van der Waals surface area contributed by atoms with E-state index < -0.39 is 0 Å². The Balaban J connectivity index is 1.41. The fourth-order valence-electron chi connectivity index (χ4n) is 3.78. The number of ether oxygens (including phenoxy) is 1. The van der Waals surface area contributed by atoms with Crippen LogP contribution in [-0.2, 0) is 29.0 Å². The largest absolute Gasteiger partial charge is 0.392 e. The number of nitrogens with one attached hydrogen (secondary N) is 1. The van der Waals surface area contributed by atoms with Gasteiger partial charge in [0.2, 0.25) is 5.91 Å². The van der Waals surface area contributed by atoms with Gasteiger partial charge in [0.1, 0.15) is 0 Å². The van der Waals surface area contributed by atoms with E-state index in [1.54, 1.807) is 0 Å².